The Morgan fingerprint density at radius 1 is 1.25 bits per heavy atom. The lowest BCUT2D eigenvalue weighted by Crippen LogP contribution is -2.23. The summed E-state index contributed by atoms with van der Waals surface area (Å²) in [6, 6.07) is 6.32. The number of aromatic nitrogens is 1. The van der Waals surface area contributed by atoms with Crippen molar-refractivity contribution in [1.29, 1.82) is 0 Å². The van der Waals surface area contributed by atoms with Gasteiger partial charge in [-0.3, -0.25) is 0 Å². The minimum absolute atomic E-state index is 0.121. The van der Waals surface area contributed by atoms with E-state index in [1.54, 1.807) is 7.11 Å². The third-order valence-electron chi connectivity index (χ3n) is 4.74. The Hall–Kier alpha value is -1.48. The zero-order valence-electron chi connectivity index (χ0n) is 12.4. The van der Waals surface area contributed by atoms with Gasteiger partial charge in [-0.25, -0.2) is 0 Å². The van der Waals surface area contributed by atoms with Crippen LogP contribution in [0.25, 0.3) is 10.9 Å². The van der Waals surface area contributed by atoms with E-state index in [0.29, 0.717) is 5.92 Å². The van der Waals surface area contributed by atoms with Crippen LogP contribution in [-0.2, 0) is 7.05 Å². The summed E-state index contributed by atoms with van der Waals surface area (Å²) in [7, 11) is 3.82. The molecule has 1 aliphatic rings. The van der Waals surface area contributed by atoms with Crippen molar-refractivity contribution in [2.75, 3.05) is 7.11 Å². The van der Waals surface area contributed by atoms with Crippen LogP contribution in [0.1, 0.15) is 43.7 Å². The molecule has 1 aromatic carbocycles. The number of hydrogen-bond acceptors (Lipinski definition) is 2. The maximum absolute atomic E-state index is 6.60. The summed E-state index contributed by atoms with van der Waals surface area (Å²) in [6.07, 6.45) is 8.70. The molecule has 1 fully saturated rings. The molecule has 0 radical (unpaired) electrons. The minimum Gasteiger partial charge on any atom is -0.496 e. The van der Waals surface area contributed by atoms with Crippen LogP contribution in [0.4, 0.5) is 0 Å². The SMILES string of the molecule is COc1cccc2c1c(C(N)C1CCCCC1)cn2C. The van der Waals surface area contributed by atoms with Crippen LogP contribution in [0, 0.1) is 5.92 Å². The predicted octanol–water partition coefficient (Wildman–Crippen LogP) is 3.77. The molecule has 3 rings (SSSR count). The molecule has 1 aromatic heterocycles. The summed E-state index contributed by atoms with van der Waals surface area (Å²) >= 11 is 0. The van der Waals surface area contributed by atoms with E-state index in [2.05, 4.69) is 23.9 Å². The second-order valence-corrected chi connectivity index (χ2v) is 5.97. The van der Waals surface area contributed by atoms with Crippen molar-refractivity contribution in [3.63, 3.8) is 0 Å². The van der Waals surface area contributed by atoms with E-state index < -0.39 is 0 Å². The molecule has 1 atom stereocenters. The molecule has 1 saturated carbocycles. The molecular weight excluding hydrogens is 248 g/mol. The molecule has 3 heteroatoms. The third-order valence-corrected chi connectivity index (χ3v) is 4.74. The number of aryl methyl sites for hydroxylation is 1. The van der Waals surface area contributed by atoms with Crippen LogP contribution >= 0.6 is 0 Å². The molecule has 20 heavy (non-hydrogen) atoms. The number of rotatable bonds is 3. The van der Waals surface area contributed by atoms with E-state index in [9.17, 15) is 0 Å². The Balaban J connectivity index is 2.06. The highest BCUT2D eigenvalue weighted by molar-refractivity contribution is 5.90. The molecule has 0 spiro atoms. The van der Waals surface area contributed by atoms with Gasteiger partial charge in [0.15, 0.2) is 0 Å². The lowest BCUT2D eigenvalue weighted by Gasteiger charge is -2.27. The number of nitrogens with zero attached hydrogens (tertiary/aromatic N) is 1. The highest BCUT2D eigenvalue weighted by Gasteiger charge is 2.25. The highest BCUT2D eigenvalue weighted by Crippen LogP contribution is 2.39. The number of methoxy groups -OCH3 is 1. The van der Waals surface area contributed by atoms with E-state index in [-0.39, 0.29) is 6.04 Å². The largest absolute Gasteiger partial charge is 0.496 e. The monoisotopic (exact) mass is 272 g/mol. The summed E-state index contributed by atoms with van der Waals surface area (Å²) < 4.78 is 7.71. The summed E-state index contributed by atoms with van der Waals surface area (Å²) in [5.41, 5.74) is 9.05. The quantitative estimate of drug-likeness (QED) is 0.924. The zero-order chi connectivity index (χ0) is 14.1. The second kappa shape index (κ2) is 5.49. The molecule has 1 unspecified atom stereocenters. The smallest absolute Gasteiger partial charge is 0.128 e. The van der Waals surface area contributed by atoms with Crippen LogP contribution < -0.4 is 10.5 Å². The van der Waals surface area contributed by atoms with Crippen LogP contribution in [0.2, 0.25) is 0 Å². The molecule has 1 heterocycles. The highest BCUT2D eigenvalue weighted by atomic mass is 16.5. The summed E-state index contributed by atoms with van der Waals surface area (Å²) in [5.74, 6) is 1.55. The fourth-order valence-corrected chi connectivity index (χ4v) is 3.62. The molecule has 108 valence electrons. The van der Waals surface area contributed by atoms with E-state index in [4.69, 9.17) is 10.5 Å². The average molecular weight is 272 g/mol. The summed E-state index contributed by atoms with van der Waals surface area (Å²) in [4.78, 5) is 0. The van der Waals surface area contributed by atoms with Gasteiger partial charge in [0.05, 0.1) is 12.6 Å². The molecule has 2 aromatic rings. The van der Waals surface area contributed by atoms with Crippen LogP contribution in [-0.4, -0.2) is 11.7 Å². The normalized spacial score (nSPS) is 18.4. The first kappa shape index (κ1) is 13.5. The van der Waals surface area contributed by atoms with Gasteiger partial charge in [0, 0.05) is 24.7 Å². The van der Waals surface area contributed by atoms with Crippen molar-refractivity contribution in [2.45, 2.75) is 38.1 Å². The van der Waals surface area contributed by atoms with Crippen LogP contribution in [0.5, 0.6) is 5.75 Å². The number of benzene rings is 1. The lowest BCUT2D eigenvalue weighted by atomic mass is 9.81. The fourth-order valence-electron chi connectivity index (χ4n) is 3.62. The number of fused-ring (bicyclic) bond motifs is 1. The van der Waals surface area contributed by atoms with Gasteiger partial charge in [0.1, 0.15) is 5.75 Å². The fraction of sp³-hybridized carbons (Fsp3) is 0.529. The van der Waals surface area contributed by atoms with E-state index in [0.717, 1.165) is 5.75 Å². The van der Waals surface area contributed by atoms with E-state index >= 15 is 0 Å². The van der Waals surface area contributed by atoms with Gasteiger partial charge < -0.3 is 15.0 Å². The standard InChI is InChI=1S/C17H24N2O/c1-19-11-13(17(18)12-7-4-3-5-8-12)16-14(19)9-6-10-15(16)20-2/h6,9-12,17H,3-5,7-8,18H2,1-2H3. The molecule has 0 amide bonds. The average Bonchev–Trinajstić information content (AvgIpc) is 2.85. The zero-order valence-corrected chi connectivity index (χ0v) is 12.4. The van der Waals surface area contributed by atoms with Crippen molar-refractivity contribution in [3.8, 4) is 5.75 Å². The van der Waals surface area contributed by atoms with Gasteiger partial charge in [-0.05, 0) is 36.5 Å². The van der Waals surface area contributed by atoms with Crippen molar-refractivity contribution >= 4 is 10.9 Å². The minimum atomic E-state index is 0.121. The first-order chi connectivity index (χ1) is 9.72. The molecule has 3 nitrogen and oxygen atoms in total. The Morgan fingerprint density at radius 2 is 2.00 bits per heavy atom. The van der Waals surface area contributed by atoms with Gasteiger partial charge in [0.2, 0.25) is 0 Å². The maximum Gasteiger partial charge on any atom is 0.128 e. The number of nitrogens with two attached hydrogens (primary N) is 1. The van der Waals surface area contributed by atoms with Crippen molar-refractivity contribution in [2.24, 2.45) is 18.7 Å². The van der Waals surface area contributed by atoms with E-state index in [1.807, 2.05) is 12.1 Å². The number of hydrogen-bond donors (Lipinski definition) is 1. The Kier molecular flexibility index (Phi) is 3.70. The Bertz CT molecular complexity index is 596. The Labute approximate surface area is 120 Å². The molecule has 1 aliphatic carbocycles. The topological polar surface area (TPSA) is 40.2 Å². The molecule has 0 saturated heterocycles. The van der Waals surface area contributed by atoms with Crippen molar-refractivity contribution < 1.29 is 4.74 Å². The van der Waals surface area contributed by atoms with E-state index in [1.165, 1.54) is 48.6 Å². The first-order valence-electron chi connectivity index (χ1n) is 7.60. The second-order valence-electron chi connectivity index (χ2n) is 5.97. The molecule has 0 aliphatic heterocycles. The number of ether oxygens (including phenoxy) is 1. The third kappa shape index (κ3) is 2.20. The first-order valence-corrected chi connectivity index (χ1v) is 7.60. The summed E-state index contributed by atoms with van der Waals surface area (Å²) in [6.45, 7) is 0. The van der Waals surface area contributed by atoms with Gasteiger partial charge in [0.25, 0.3) is 0 Å². The Morgan fingerprint density at radius 3 is 2.70 bits per heavy atom. The van der Waals surface area contributed by atoms with Gasteiger partial charge in [-0.1, -0.05) is 25.3 Å². The molecule has 2 N–H and O–H groups in total. The molecule has 0 bridgehead atoms. The van der Waals surface area contributed by atoms with Crippen LogP contribution in [0.3, 0.4) is 0 Å². The summed E-state index contributed by atoms with van der Waals surface area (Å²) in [5, 5.41) is 1.19. The maximum atomic E-state index is 6.60. The van der Waals surface area contributed by atoms with Crippen LogP contribution in [0.15, 0.2) is 24.4 Å². The van der Waals surface area contributed by atoms with Gasteiger partial charge in [-0.2, -0.15) is 0 Å². The predicted molar refractivity (Wildman–Crippen MR) is 83.0 cm³/mol. The van der Waals surface area contributed by atoms with Gasteiger partial charge >= 0.3 is 0 Å². The van der Waals surface area contributed by atoms with Gasteiger partial charge in [-0.15, -0.1) is 0 Å². The lowest BCUT2D eigenvalue weighted by molar-refractivity contribution is 0.309. The molecular formula is C17H24N2O. The van der Waals surface area contributed by atoms with Crippen molar-refractivity contribution in [3.05, 3.63) is 30.0 Å². The van der Waals surface area contributed by atoms with Crippen molar-refractivity contribution in [1.82, 2.24) is 4.57 Å².